The lowest BCUT2D eigenvalue weighted by atomic mass is 10.4. The molecule has 0 aliphatic carbocycles. The van der Waals surface area contributed by atoms with Gasteiger partial charge in [-0.05, 0) is 13.8 Å². The molecule has 0 saturated heterocycles. The van der Waals surface area contributed by atoms with E-state index in [0.29, 0.717) is 12.3 Å². The molecule has 0 aromatic rings. The summed E-state index contributed by atoms with van der Waals surface area (Å²) in [4.78, 5) is 9.00. The summed E-state index contributed by atoms with van der Waals surface area (Å²) in [5.74, 6) is 0. The van der Waals surface area contributed by atoms with Crippen LogP contribution < -0.4 is 0 Å². The Bertz CT molecular complexity index is 312. The van der Waals surface area contributed by atoms with E-state index in [1.54, 1.807) is 0 Å². The van der Waals surface area contributed by atoms with Crippen LogP contribution in [0.1, 0.15) is 13.8 Å². The van der Waals surface area contributed by atoms with Gasteiger partial charge in [0.15, 0.2) is 0 Å². The maximum Gasteiger partial charge on any atom is 0.0975 e. The van der Waals surface area contributed by atoms with Crippen LogP contribution in [0.3, 0.4) is 0 Å². The molecule has 0 aromatic heterocycles. The van der Waals surface area contributed by atoms with E-state index >= 15 is 0 Å². The van der Waals surface area contributed by atoms with E-state index in [0.717, 1.165) is 26.3 Å². The Morgan fingerprint density at radius 3 is 1.53 bits per heavy atom. The lowest BCUT2D eigenvalue weighted by Gasteiger charge is -2.28. The van der Waals surface area contributed by atoms with Crippen LogP contribution >= 0.6 is 0 Å². The van der Waals surface area contributed by atoms with Gasteiger partial charge in [-0.2, -0.15) is 0 Å². The lowest BCUT2D eigenvalue weighted by molar-refractivity contribution is 0.0732. The minimum Gasteiger partial charge on any atom is -0.378 e. The molecule has 2 aliphatic rings. The molecule has 0 bridgehead atoms. The fraction of sp³-hybridized carbons (Fsp3) is 0.714. The van der Waals surface area contributed by atoms with Crippen molar-refractivity contribution in [3.05, 3.63) is 24.8 Å². The zero-order valence-corrected chi connectivity index (χ0v) is 12.5. The Balaban J connectivity index is 1.56. The van der Waals surface area contributed by atoms with Gasteiger partial charge in [0, 0.05) is 52.0 Å². The first-order chi connectivity index (χ1) is 9.09. The summed E-state index contributed by atoms with van der Waals surface area (Å²) < 4.78 is 5.74. The van der Waals surface area contributed by atoms with Crippen LogP contribution in [0, 0.1) is 0 Å². The first kappa shape index (κ1) is 14.1. The van der Waals surface area contributed by atoms with Crippen molar-refractivity contribution in [3.63, 3.8) is 0 Å². The van der Waals surface area contributed by atoms with Crippen molar-refractivity contribution in [1.29, 1.82) is 0 Å². The third kappa shape index (κ3) is 3.35. The molecule has 0 aromatic carbocycles. The molecule has 2 heterocycles. The Hall–Kier alpha value is -1.36. The Labute approximate surface area is 116 Å². The van der Waals surface area contributed by atoms with E-state index in [1.807, 2.05) is 0 Å². The summed E-state index contributed by atoms with van der Waals surface area (Å²) in [5, 5.41) is 0. The third-order valence-electron chi connectivity index (χ3n) is 4.11. The highest BCUT2D eigenvalue weighted by Gasteiger charge is 2.19. The number of ether oxygens (including phenoxy) is 1. The summed E-state index contributed by atoms with van der Waals surface area (Å²) in [6.07, 6.45) is 9.37. The fourth-order valence-electron chi connectivity index (χ4n) is 2.31. The number of hydrogen-bond acceptors (Lipinski definition) is 5. The van der Waals surface area contributed by atoms with Gasteiger partial charge in [-0.1, -0.05) is 0 Å². The smallest absolute Gasteiger partial charge is 0.0975 e. The first-order valence-electron chi connectivity index (χ1n) is 6.99. The molecule has 0 fully saturated rings. The number of rotatable bonds is 6. The average molecular weight is 266 g/mol. The molecule has 2 rings (SSSR count). The molecule has 0 saturated carbocycles. The van der Waals surface area contributed by atoms with E-state index in [-0.39, 0.29) is 0 Å². The Morgan fingerprint density at radius 1 is 0.789 bits per heavy atom. The van der Waals surface area contributed by atoms with E-state index < -0.39 is 0 Å². The van der Waals surface area contributed by atoms with Crippen molar-refractivity contribution in [2.24, 2.45) is 0 Å². The Morgan fingerprint density at radius 2 is 1.21 bits per heavy atom. The predicted molar refractivity (Wildman–Crippen MR) is 77.0 cm³/mol. The van der Waals surface area contributed by atoms with Crippen LogP contribution in [-0.4, -0.2) is 72.3 Å². The molecule has 19 heavy (non-hydrogen) atoms. The van der Waals surface area contributed by atoms with Crippen molar-refractivity contribution in [2.45, 2.75) is 26.2 Å². The molecule has 5 nitrogen and oxygen atoms in total. The molecular weight excluding hydrogens is 240 g/mol. The topological polar surface area (TPSA) is 22.2 Å². The van der Waals surface area contributed by atoms with Crippen molar-refractivity contribution >= 4 is 0 Å². The standard InChI is InChI=1S/C14H26N4O/c1-13-15(3)5-7-17(13)9-11-19-12-10-18-8-6-16(4)14(18)2/h5-8,13-14H,9-12H2,1-4H3. The van der Waals surface area contributed by atoms with Crippen LogP contribution in [-0.2, 0) is 4.74 Å². The van der Waals surface area contributed by atoms with Crippen LogP contribution in [0.25, 0.3) is 0 Å². The zero-order valence-electron chi connectivity index (χ0n) is 12.5. The van der Waals surface area contributed by atoms with Crippen LogP contribution in [0.4, 0.5) is 0 Å². The number of nitrogens with zero attached hydrogens (tertiary/aromatic N) is 4. The van der Waals surface area contributed by atoms with E-state index in [9.17, 15) is 0 Å². The second kappa shape index (κ2) is 6.19. The highest BCUT2D eigenvalue weighted by atomic mass is 16.5. The first-order valence-corrected chi connectivity index (χ1v) is 6.99. The second-order valence-corrected chi connectivity index (χ2v) is 5.28. The minimum absolute atomic E-state index is 0.443. The van der Waals surface area contributed by atoms with E-state index in [1.165, 1.54) is 0 Å². The van der Waals surface area contributed by atoms with Gasteiger partial charge in [0.05, 0.1) is 25.5 Å². The SMILES string of the molecule is CC1N(C)C=CN1CCOCCN1C=CN(C)C1C. The molecule has 5 heteroatoms. The van der Waals surface area contributed by atoms with Gasteiger partial charge >= 0.3 is 0 Å². The summed E-state index contributed by atoms with van der Waals surface area (Å²) in [7, 11) is 4.19. The summed E-state index contributed by atoms with van der Waals surface area (Å²) in [6, 6.07) is 0. The molecule has 0 N–H and O–H groups in total. The van der Waals surface area contributed by atoms with Crippen molar-refractivity contribution in [3.8, 4) is 0 Å². The van der Waals surface area contributed by atoms with Crippen LogP contribution in [0.15, 0.2) is 24.8 Å². The fourth-order valence-corrected chi connectivity index (χ4v) is 2.31. The van der Waals surface area contributed by atoms with Gasteiger partial charge in [0.25, 0.3) is 0 Å². The largest absolute Gasteiger partial charge is 0.378 e. The molecular formula is C14H26N4O. The molecule has 2 aliphatic heterocycles. The third-order valence-corrected chi connectivity index (χ3v) is 4.11. The van der Waals surface area contributed by atoms with Gasteiger partial charge in [0.2, 0.25) is 0 Å². The van der Waals surface area contributed by atoms with Gasteiger partial charge in [-0.15, -0.1) is 0 Å². The molecule has 108 valence electrons. The van der Waals surface area contributed by atoms with Crippen LogP contribution in [0.2, 0.25) is 0 Å². The minimum atomic E-state index is 0.443. The highest BCUT2D eigenvalue weighted by molar-refractivity contribution is 4.94. The quantitative estimate of drug-likeness (QED) is 0.670. The summed E-state index contributed by atoms with van der Waals surface area (Å²) in [5.41, 5.74) is 0. The average Bonchev–Trinajstić information content (AvgIpc) is 2.88. The predicted octanol–water partition coefficient (Wildman–Crippen LogP) is 1.13. The highest BCUT2D eigenvalue weighted by Crippen LogP contribution is 2.13. The van der Waals surface area contributed by atoms with E-state index in [2.05, 4.69) is 72.3 Å². The van der Waals surface area contributed by atoms with Crippen molar-refractivity contribution in [2.75, 3.05) is 40.4 Å². The summed E-state index contributed by atoms with van der Waals surface area (Å²) in [6.45, 7) is 7.87. The van der Waals surface area contributed by atoms with E-state index in [4.69, 9.17) is 4.74 Å². The monoisotopic (exact) mass is 266 g/mol. The molecule has 2 atom stereocenters. The second-order valence-electron chi connectivity index (χ2n) is 5.28. The van der Waals surface area contributed by atoms with Gasteiger partial charge in [0.1, 0.15) is 0 Å². The Kier molecular flexibility index (Phi) is 4.58. The lowest BCUT2D eigenvalue weighted by Crippen LogP contribution is -2.37. The van der Waals surface area contributed by atoms with Crippen molar-refractivity contribution < 1.29 is 4.74 Å². The molecule has 0 spiro atoms. The molecule has 2 unspecified atom stereocenters. The van der Waals surface area contributed by atoms with Gasteiger partial charge in [-0.3, -0.25) is 0 Å². The maximum atomic E-state index is 5.74. The normalized spacial score (nSPS) is 26.1. The number of hydrogen-bond donors (Lipinski definition) is 0. The van der Waals surface area contributed by atoms with Crippen LogP contribution in [0.5, 0.6) is 0 Å². The van der Waals surface area contributed by atoms with Gasteiger partial charge < -0.3 is 24.3 Å². The molecule has 0 radical (unpaired) electrons. The summed E-state index contributed by atoms with van der Waals surface area (Å²) >= 11 is 0. The maximum absolute atomic E-state index is 5.74. The van der Waals surface area contributed by atoms with Gasteiger partial charge in [-0.25, -0.2) is 0 Å². The molecule has 0 amide bonds. The van der Waals surface area contributed by atoms with Crippen molar-refractivity contribution in [1.82, 2.24) is 19.6 Å². The zero-order chi connectivity index (χ0) is 13.8.